The molecule has 5 aromatic rings. The molecule has 0 saturated heterocycles. The van der Waals surface area contributed by atoms with Crippen LogP contribution in [0.2, 0.25) is 5.02 Å². The Labute approximate surface area is 261 Å². The fourth-order valence-corrected chi connectivity index (χ4v) is 6.53. The van der Waals surface area contributed by atoms with E-state index in [4.69, 9.17) is 26.1 Å². The van der Waals surface area contributed by atoms with Crippen molar-refractivity contribution < 1.29 is 19.1 Å². The number of para-hydroxylation sites is 1. The van der Waals surface area contributed by atoms with E-state index in [9.17, 15) is 14.4 Å². The van der Waals surface area contributed by atoms with Crippen LogP contribution in [-0.2, 0) is 25.6 Å². The maximum absolute atomic E-state index is 14.2. The van der Waals surface area contributed by atoms with Gasteiger partial charge in [0.15, 0.2) is 4.80 Å². The summed E-state index contributed by atoms with van der Waals surface area (Å²) in [6.45, 7) is 4.01. The van der Waals surface area contributed by atoms with Crippen LogP contribution < -0.4 is 14.9 Å². The number of fused-ring (bicyclic) bond motifs is 2. The van der Waals surface area contributed by atoms with Crippen molar-refractivity contribution in [1.29, 1.82) is 0 Å². The molecule has 0 aliphatic carbocycles. The molecule has 0 fully saturated rings. The van der Waals surface area contributed by atoms with Gasteiger partial charge in [0.1, 0.15) is 6.54 Å². The molecule has 0 unspecified atom stereocenters. The van der Waals surface area contributed by atoms with Crippen molar-refractivity contribution in [3.63, 3.8) is 0 Å². The van der Waals surface area contributed by atoms with Gasteiger partial charge in [-0.25, -0.2) is 9.79 Å². The SMILES string of the molecule is CCOC(=O)Cn1cc(/C=c2\sc3n(c2=O)[C@H](c2ccc(Cl)cc2)C(C(=O)OCC)=C(c2ccccc2)N=3)c2ccccc21. The molecular formula is C34H28ClN3O5S. The molecule has 0 bridgehead atoms. The van der Waals surface area contributed by atoms with E-state index in [1.807, 2.05) is 71.4 Å². The number of benzene rings is 3. The van der Waals surface area contributed by atoms with E-state index in [1.165, 1.54) is 11.3 Å². The number of ether oxygens (including phenoxy) is 2. The quantitative estimate of drug-likeness (QED) is 0.224. The third-order valence-electron chi connectivity index (χ3n) is 7.27. The number of rotatable bonds is 8. The Morgan fingerprint density at radius 2 is 1.66 bits per heavy atom. The van der Waals surface area contributed by atoms with Crippen molar-refractivity contribution in [1.82, 2.24) is 9.13 Å². The topological polar surface area (TPSA) is 91.9 Å². The molecule has 1 atom stereocenters. The Morgan fingerprint density at radius 3 is 2.39 bits per heavy atom. The smallest absolute Gasteiger partial charge is 0.338 e. The molecule has 6 rings (SSSR count). The maximum Gasteiger partial charge on any atom is 0.338 e. The average Bonchev–Trinajstić information content (AvgIpc) is 3.53. The largest absolute Gasteiger partial charge is 0.465 e. The first-order valence-electron chi connectivity index (χ1n) is 14.2. The molecule has 3 heterocycles. The Balaban J connectivity index is 1.59. The molecule has 222 valence electrons. The third kappa shape index (κ3) is 5.52. The van der Waals surface area contributed by atoms with Crippen LogP contribution >= 0.6 is 22.9 Å². The molecule has 0 saturated carbocycles. The zero-order valence-corrected chi connectivity index (χ0v) is 25.6. The van der Waals surface area contributed by atoms with E-state index >= 15 is 0 Å². The highest BCUT2D eigenvalue weighted by Crippen LogP contribution is 2.35. The molecule has 1 aliphatic heterocycles. The summed E-state index contributed by atoms with van der Waals surface area (Å²) in [6.07, 6.45) is 3.65. The van der Waals surface area contributed by atoms with Gasteiger partial charge in [-0.05, 0) is 43.7 Å². The van der Waals surface area contributed by atoms with Crippen LogP contribution in [0.25, 0.3) is 22.7 Å². The monoisotopic (exact) mass is 625 g/mol. The van der Waals surface area contributed by atoms with Crippen molar-refractivity contribution in [3.05, 3.63) is 132 Å². The Bertz CT molecular complexity index is 2090. The van der Waals surface area contributed by atoms with Gasteiger partial charge in [0.25, 0.3) is 5.56 Å². The van der Waals surface area contributed by atoms with Crippen molar-refractivity contribution in [2.75, 3.05) is 13.2 Å². The minimum Gasteiger partial charge on any atom is -0.465 e. The minimum atomic E-state index is -0.801. The van der Waals surface area contributed by atoms with Gasteiger partial charge in [-0.2, -0.15) is 0 Å². The van der Waals surface area contributed by atoms with Gasteiger partial charge in [-0.1, -0.05) is 83.6 Å². The zero-order valence-electron chi connectivity index (χ0n) is 24.0. The van der Waals surface area contributed by atoms with Gasteiger partial charge in [0, 0.05) is 33.2 Å². The summed E-state index contributed by atoms with van der Waals surface area (Å²) in [7, 11) is 0. The van der Waals surface area contributed by atoms with Gasteiger partial charge in [-0.3, -0.25) is 14.2 Å². The second-order valence-corrected chi connectivity index (χ2v) is 11.5. The minimum absolute atomic E-state index is 0.0450. The molecule has 0 radical (unpaired) electrons. The fourth-order valence-electron chi connectivity index (χ4n) is 5.41. The fraction of sp³-hybridized carbons (Fsp3) is 0.176. The zero-order chi connectivity index (χ0) is 30.8. The number of esters is 2. The lowest BCUT2D eigenvalue weighted by Crippen LogP contribution is -2.40. The summed E-state index contributed by atoms with van der Waals surface area (Å²) in [5, 5.41) is 1.42. The normalized spacial score (nSPS) is 14.8. The van der Waals surface area contributed by atoms with Crippen LogP contribution in [0.3, 0.4) is 0 Å². The molecule has 0 spiro atoms. The second-order valence-electron chi connectivity index (χ2n) is 10.0. The number of carbonyl (C=O) groups excluding carboxylic acids is 2. The summed E-state index contributed by atoms with van der Waals surface area (Å²) in [6, 6.07) is 23.3. The van der Waals surface area contributed by atoms with Crippen LogP contribution in [0.5, 0.6) is 0 Å². The van der Waals surface area contributed by atoms with Gasteiger partial charge >= 0.3 is 11.9 Å². The summed E-state index contributed by atoms with van der Waals surface area (Å²) in [5.41, 5.74) is 3.45. The highest BCUT2D eigenvalue weighted by molar-refractivity contribution is 7.07. The number of thiazole rings is 1. The number of aromatic nitrogens is 2. The van der Waals surface area contributed by atoms with Crippen LogP contribution in [0, 0.1) is 0 Å². The molecule has 0 N–H and O–H groups in total. The first kappa shape index (κ1) is 29.3. The predicted molar refractivity (Wildman–Crippen MR) is 171 cm³/mol. The van der Waals surface area contributed by atoms with Crippen LogP contribution in [0.15, 0.2) is 100 Å². The number of hydrogen-bond donors (Lipinski definition) is 0. The molecule has 0 amide bonds. The maximum atomic E-state index is 14.2. The Kier molecular flexibility index (Phi) is 8.32. The van der Waals surface area contributed by atoms with E-state index in [2.05, 4.69) is 0 Å². The van der Waals surface area contributed by atoms with Crippen LogP contribution in [0.4, 0.5) is 0 Å². The molecule has 8 nitrogen and oxygen atoms in total. The van der Waals surface area contributed by atoms with E-state index in [0.717, 1.165) is 22.0 Å². The lowest BCUT2D eigenvalue weighted by atomic mass is 9.93. The van der Waals surface area contributed by atoms with Crippen molar-refractivity contribution in [3.8, 4) is 0 Å². The predicted octanol–water partition coefficient (Wildman–Crippen LogP) is 5.11. The Hall–Kier alpha value is -4.73. The second kappa shape index (κ2) is 12.5. The average molecular weight is 626 g/mol. The van der Waals surface area contributed by atoms with Gasteiger partial charge < -0.3 is 14.0 Å². The van der Waals surface area contributed by atoms with Crippen molar-refractivity contribution in [2.24, 2.45) is 4.99 Å². The van der Waals surface area contributed by atoms with Crippen LogP contribution in [-0.4, -0.2) is 34.3 Å². The molecule has 1 aliphatic rings. The Morgan fingerprint density at radius 1 is 0.955 bits per heavy atom. The van der Waals surface area contributed by atoms with Crippen molar-refractivity contribution >= 4 is 57.6 Å². The van der Waals surface area contributed by atoms with Crippen LogP contribution in [0.1, 0.15) is 36.6 Å². The first-order valence-corrected chi connectivity index (χ1v) is 15.4. The number of halogens is 1. The number of hydrogen-bond acceptors (Lipinski definition) is 7. The van der Waals surface area contributed by atoms with Gasteiger partial charge in [0.05, 0.1) is 35.1 Å². The molecular weight excluding hydrogens is 598 g/mol. The molecule has 2 aromatic heterocycles. The summed E-state index contributed by atoms with van der Waals surface area (Å²) in [5.74, 6) is -0.895. The van der Waals surface area contributed by atoms with E-state index in [-0.39, 0.29) is 30.3 Å². The molecule has 44 heavy (non-hydrogen) atoms. The summed E-state index contributed by atoms with van der Waals surface area (Å²) >= 11 is 7.46. The summed E-state index contributed by atoms with van der Waals surface area (Å²) in [4.78, 5) is 45.5. The molecule has 10 heteroatoms. The lowest BCUT2D eigenvalue weighted by molar-refractivity contribution is -0.143. The van der Waals surface area contributed by atoms with Gasteiger partial charge in [0.2, 0.25) is 0 Å². The molecule has 3 aromatic carbocycles. The first-order chi connectivity index (χ1) is 21.4. The standard InChI is InChI=1S/C34H28ClN3O5S/c1-3-42-28(39)20-37-19-23(25-12-8-9-13-26(25)37)18-27-32(40)38-31(22-14-16-24(35)17-15-22)29(33(41)43-4-2)30(36-34(38)44-27)21-10-6-5-7-11-21/h5-19,31H,3-4,20H2,1-2H3/b27-18-/t31-/m1/s1. The highest BCUT2D eigenvalue weighted by Gasteiger charge is 2.35. The van der Waals surface area contributed by atoms with Crippen molar-refractivity contribution in [2.45, 2.75) is 26.4 Å². The highest BCUT2D eigenvalue weighted by atomic mass is 35.5. The number of nitrogens with zero attached hydrogens (tertiary/aromatic N) is 3. The van der Waals surface area contributed by atoms with E-state index in [0.29, 0.717) is 32.2 Å². The van der Waals surface area contributed by atoms with E-state index < -0.39 is 12.0 Å². The number of carbonyl (C=O) groups is 2. The lowest BCUT2D eigenvalue weighted by Gasteiger charge is -2.25. The third-order valence-corrected chi connectivity index (χ3v) is 8.51. The van der Waals surface area contributed by atoms with E-state index in [1.54, 1.807) is 42.7 Å². The van der Waals surface area contributed by atoms with Gasteiger partial charge in [-0.15, -0.1) is 0 Å². The summed E-state index contributed by atoms with van der Waals surface area (Å²) < 4.78 is 14.5.